The van der Waals surface area contributed by atoms with Gasteiger partial charge in [-0.2, -0.15) is 0 Å². The molecule has 0 N–H and O–H groups in total. The van der Waals surface area contributed by atoms with Gasteiger partial charge in [0, 0.05) is 61.9 Å². The van der Waals surface area contributed by atoms with E-state index in [1.165, 1.54) is 128 Å². The molecule has 2 aliphatic heterocycles. The van der Waals surface area contributed by atoms with Crippen LogP contribution in [0.25, 0.3) is 44.2 Å². The van der Waals surface area contributed by atoms with Crippen molar-refractivity contribution in [2.24, 2.45) is 21.7 Å². The number of hydrogen-bond acceptors (Lipinski definition) is 4. The van der Waals surface area contributed by atoms with Crippen LogP contribution in [0, 0.1) is 21.7 Å². The molecular formula is C83H76BN3O. The second-order valence-electron chi connectivity index (χ2n) is 31.4. The summed E-state index contributed by atoms with van der Waals surface area (Å²) in [7, 11) is 0. The topological polar surface area (TPSA) is 22.9 Å². The van der Waals surface area contributed by atoms with Crippen LogP contribution in [0.5, 0.6) is 0 Å². The Morgan fingerprint density at radius 1 is 0.386 bits per heavy atom. The van der Waals surface area contributed by atoms with E-state index in [1.54, 1.807) is 0 Å². The lowest BCUT2D eigenvalue weighted by Gasteiger charge is -2.45. The average Bonchev–Trinajstić information content (AvgIpc) is 0.903. The lowest BCUT2D eigenvalue weighted by Crippen LogP contribution is -2.61. The maximum Gasteiger partial charge on any atom is 0.252 e. The van der Waals surface area contributed by atoms with Gasteiger partial charge in [-0.1, -0.05) is 154 Å². The molecule has 0 atom stereocenters. The van der Waals surface area contributed by atoms with Crippen LogP contribution in [0.3, 0.4) is 0 Å². The monoisotopic (exact) mass is 1140 g/mol. The van der Waals surface area contributed by atoms with Gasteiger partial charge in [0.2, 0.25) is 0 Å². The van der Waals surface area contributed by atoms with Crippen molar-refractivity contribution in [1.82, 2.24) is 0 Å². The third kappa shape index (κ3) is 7.90. The van der Waals surface area contributed by atoms with Crippen molar-refractivity contribution in [2.75, 3.05) is 14.7 Å². The normalized spacial score (nSPS) is 18.4. The first kappa shape index (κ1) is 52.6. The highest BCUT2D eigenvalue weighted by molar-refractivity contribution is 7.00. The molecule has 4 nitrogen and oxygen atoms in total. The summed E-state index contributed by atoms with van der Waals surface area (Å²) in [6.45, 7) is 24.5. The molecule has 10 aromatic carbocycles. The molecule has 88 heavy (non-hydrogen) atoms. The van der Waals surface area contributed by atoms with E-state index in [0.717, 1.165) is 90.7 Å². The SMILES string of the molecule is CC1(C)Cc2ccc(N3c4cc5c(cc4B4c6cc7c(cc6N(c6ccc8c(c6)CC(C)(C)C8)c6cc(N(c8ccc(-c9cc%10ccccc%10o9)cc8)c8ccc9c(c8)C(C)(C)c8ccc%10ccccc%10c8-9)cc3c64)CC(C)(C)C7)CC(C)(C)C5)cc2C1. The van der Waals surface area contributed by atoms with Gasteiger partial charge in [-0.05, 0) is 264 Å². The Balaban J connectivity index is 0.932. The molecular weight excluding hydrogens is 1070 g/mol. The highest BCUT2D eigenvalue weighted by atomic mass is 16.3. The number of benzene rings is 10. The Hall–Kier alpha value is -8.54. The first-order valence-corrected chi connectivity index (χ1v) is 32.6. The van der Waals surface area contributed by atoms with Crippen LogP contribution >= 0.6 is 0 Å². The van der Waals surface area contributed by atoms with Gasteiger partial charge in [0.15, 0.2) is 0 Å². The Morgan fingerprint density at radius 2 is 0.886 bits per heavy atom. The molecule has 0 unspecified atom stereocenters. The lowest BCUT2D eigenvalue weighted by molar-refractivity contribution is 0.392. The predicted molar refractivity (Wildman–Crippen MR) is 370 cm³/mol. The summed E-state index contributed by atoms with van der Waals surface area (Å²) < 4.78 is 6.56. The van der Waals surface area contributed by atoms with Crippen LogP contribution in [0.2, 0.25) is 0 Å². The molecule has 0 radical (unpaired) electrons. The minimum Gasteiger partial charge on any atom is -0.456 e. The van der Waals surface area contributed by atoms with Crippen molar-refractivity contribution in [1.29, 1.82) is 0 Å². The van der Waals surface area contributed by atoms with E-state index in [4.69, 9.17) is 4.42 Å². The molecule has 0 saturated carbocycles. The zero-order chi connectivity index (χ0) is 59.7. The summed E-state index contributed by atoms with van der Waals surface area (Å²) in [5.74, 6) is 0.872. The van der Waals surface area contributed by atoms with Gasteiger partial charge in [-0.3, -0.25) is 0 Å². The van der Waals surface area contributed by atoms with E-state index in [2.05, 4.69) is 266 Å². The third-order valence-electron chi connectivity index (χ3n) is 21.8. The summed E-state index contributed by atoms with van der Waals surface area (Å²) >= 11 is 0. The van der Waals surface area contributed by atoms with Crippen molar-refractivity contribution in [2.45, 2.75) is 126 Å². The molecule has 432 valence electrons. The maximum atomic E-state index is 6.56. The first-order chi connectivity index (χ1) is 42.2. The molecule has 11 aromatic rings. The van der Waals surface area contributed by atoms with E-state index in [0.29, 0.717) is 0 Å². The minimum atomic E-state index is -0.245. The third-order valence-corrected chi connectivity index (χ3v) is 21.8. The molecule has 0 amide bonds. The van der Waals surface area contributed by atoms with Crippen molar-refractivity contribution in [3.05, 3.63) is 238 Å². The molecule has 18 rings (SSSR count). The van der Waals surface area contributed by atoms with E-state index in [1.807, 2.05) is 0 Å². The zero-order valence-corrected chi connectivity index (χ0v) is 52.8. The van der Waals surface area contributed by atoms with E-state index in [9.17, 15) is 0 Å². The molecule has 5 heteroatoms. The lowest BCUT2D eigenvalue weighted by atomic mass is 9.33. The van der Waals surface area contributed by atoms with Crippen LogP contribution in [0.1, 0.15) is 125 Å². The predicted octanol–water partition coefficient (Wildman–Crippen LogP) is 19.6. The van der Waals surface area contributed by atoms with Gasteiger partial charge in [-0.25, -0.2) is 0 Å². The van der Waals surface area contributed by atoms with Gasteiger partial charge in [0.05, 0.1) is 5.69 Å². The smallest absolute Gasteiger partial charge is 0.252 e. The van der Waals surface area contributed by atoms with E-state index in [-0.39, 0.29) is 33.8 Å². The Kier molecular flexibility index (Phi) is 10.7. The summed E-state index contributed by atoms with van der Waals surface area (Å²) in [4.78, 5) is 8.04. The van der Waals surface area contributed by atoms with Crippen molar-refractivity contribution >= 4 is 96.0 Å². The molecule has 0 spiro atoms. The number of hydrogen-bond donors (Lipinski definition) is 0. The van der Waals surface area contributed by atoms with Crippen LogP contribution in [-0.2, 0) is 56.8 Å². The highest BCUT2D eigenvalue weighted by Gasteiger charge is 2.48. The van der Waals surface area contributed by atoms with Crippen molar-refractivity contribution in [3.63, 3.8) is 0 Å². The van der Waals surface area contributed by atoms with E-state index >= 15 is 0 Å². The first-order valence-electron chi connectivity index (χ1n) is 32.6. The number of anilines is 9. The Labute approximate surface area is 520 Å². The standard InChI is InChI=1S/C83H76BN3O/c1-79(2)41-52-21-26-61(31-54(52)43-79)86-71-35-58-47-81(5,6)45-56(58)33-69(71)84-70-34-57-46-82(7,8)48-59(57)36-72(70)87(62-27-22-53-42-80(3,4)44-55(53)32-62)74-40-64(39-73(86)78(74)84)85(60-24-19-50(20-25-60)76-37-51-16-12-14-18-75(51)88-76)63-28-29-66-68(38-63)83(9,10)67-30-23-49-15-11-13-17-65(49)77(66)67/h11-40H,41-48H2,1-10H3. The fourth-order valence-electron chi connectivity index (χ4n) is 18.1. The quantitative estimate of drug-likeness (QED) is 0.155. The van der Waals surface area contributed by atoms with Crippen LogP contribution in [0.4, 0.5) is 51.2 Å². The molecule has 0 fully saturated rings. The Morgan fingerprint density at radius 3 is 1.45 bits per heavy atom. The van der Waals surface area contributed by atoms with Gasteiger partial charge in [-0.15, -0.1) is 0 Å². The fraction of sp³-hybridized carbons (Fsp3) is 0.277. The van der Waals surface area contributed by atoms with Gasteiger partial charge in [0.25, 0.3) is 6.71 Å². The van der Waals surface area contributed by atoms with Crippen LogP contribution in [0.15, 0.2) is 186 Å². The van der Waals surface area contributed by atoms with Crippen molar-refractivity contribution < 1.29 is 4.42 Å². The molecule has 0 saturated heterocycles. The number of furan rings is 1. The number of fused-ring (bicyclic) bond motifs is 14. The Bertz CT molecular complexity index is 4670. The fourth-order valence-corrected chi connectivity index (χ4v) is 18.1. The van der Waals surface area contributed by atoms with Crippen molar-refractivity contribution in [3.8, 4) is 22.5 Å². The summed E-state index contributed by atoms with van der Waals surface area (Å²) in [5.41, 5.74) is 35.1. The average molecular weight is 1140 g/mol. The van der Waals surface area contributed by atoms with E-state index < -0.39 is 0 Å². The summed E-state index contributed by atoms with van der Waals surface area (Å²) in [6, 6.07) is 71.7. The summed E-state index contributed by atoms with van der Waals surface area (Å²) in [6.07, 6.45) is 8.64. The highest BCUT2D eigenvalue weighted by Crippen LogP contribution is 2.56. The minimum absolute atomic E-state index is 0.00644. The maximum absolute atomic E-state index is 6.56. The van der Waals surface area contributed by atoms with Gasteiger partial charge in [0.1, 0.15) is 11.3 Å². The molecule has 3 heterocycles. The number of para-hydroxylation sites is 1. The molecule has 7 aliphatic rings. The van der Waals surface area contributed by atoms with Gasteiger partial charge < -0.3 is 19.1 Å². The summed E-state index contributed by atoms with van der Waals surface area (Å²) in [5, 5.41) is 3.70. The molecule has 0 bridgehead atoms. The second-order valence-corrected chi connectivity index (χ2v) is 31.4. The van der Waals surface area contributed by atoms with Crippen LogP contribution < -0.4 is 31.1 Å². The number of rotatable bonds is 6. The molecule has 1 aromatic heterocycles. The largest absolute Gasteiger partial charge is 0.456 e. The van der Waals surface area contributed by atoms with Crippen LogP contribution in [-0.4, -0.2) is 6.71 Å². The van der Waals surface area contributed by atoms with Gasteiger partial charge >= 0.3 is 0 Å². The second kappa shape index (κ2) is 17.8. The number of nitrogens with zero attached hydrogens (tertiary/aromatic N) is 3. The zero-order valence-electron chi connectivity index (χ0n) is 52.8. The molecule has 5 aliphatic carbocycles.